The molecule has 144 valence electrons. The highest BCUT2D eigenvalue weighted by molar-refractivity contribution is 5.88. The molecule has 0 fully saturated rings. The van der Waals surface area contributed by atoms with Crippen LogP contribution in [-0.4, -0.2) is 49.9 Å². The van der Waals surface area contributed by atoms with Crippen molar-refractivity contribution in [3.63, 3.8) is 0 Å². The first kappa shape index (κ1) is 21.3. The summed E-state index contributed by atoms with van der Waals surface area (Å²) < 4.78 is 15.2. The summed E-state index contributed by atoms with van der Waals surface area (Å²) in [5.41, 5.74) is -0.697. The molecule has 0 saturated carbocycles. The number of amides is 2. The lowest BCUT2D eigenvalue weighted by Crippen LogP contribution is -2.49. The van der Waals surface area contributed by atoms with Gasteiger partial charge in [0, 0.05) is 6.42 Å². The Balaban J connectivity index is 2.62. The zero-order chi connectivity index (χ0) is 19.6. The van der Waals surface area contributed by atoms with Gasteiger partial charge in [0.15, 0.2) is 0 Å². The Bertz CT molecular complexity index is 597. The largest absolute Gasteiger partial charge is 0.494 e. The topological polar surface area (TPSA) is 103 Å². The van der Waals surface area contributed by atoms with Gasteiger partial charge in [0.2, 0.25) is 5.91 Å². The van der Waals surface area contributed by atoms with E-state index in [0.29, 0.717) is 5.75 Å². The summed E-state index contributed by atoms with van der Waals surface area (Å²) in [6.45, 7) is 5.06. The van der Waals surface area contributed by atoms with E-state index in [1.54, 1.807) is 32.9 Å². The molecule has 0 heterocycles. The molecule has 0 aliphatic carbocycles. The number of nitrogens with one attached hydrogen (secondary N) is 2. The van der Waals surface area contributed by atoms with Crippen LogP contribution in [0.25, 0.3) is 0 Å². The van der Waals surface area contributed by atoms with Crippen LogP contribution >= 0.6 is 0 Å². The summed E-state index contributed by atoms with van der Waals surface area (Å²) in [6.07, 6.45) is -0.531. The van der Waals surface area contributed by atoms with Crippen LogP contribution in [0.5, 0.6) is 5.75 Å². The monoisotopic (exact) mass is 366 g/mol. The Kier molecular flexibility index (Phi) is 8.41. The minimum absolute atomic E-state index is 0.191. The normalized spacial score (nSPS) is 11.8. The molecule has 0 saturated heterocycles. The predicted octanol–water partition coefficient (Wildman–Crippen LogP) is 1.64. The Hall–Kier alpha value is -2.77. The third-order valence-electron chi connectivity index (χ3n) is 3.06. The van der Waals surface area contributed by atoms with Gasteiger partial charge in [0.25, 0.3) is 0 Å². The van der Waals surface area contributed by atoms with Crippen molar-refractivity contribution in [3.8, 4) is 5.75 Å². The molecule has 1 aromatic rings. The van der Waals surface area contributed by atoms with Gasteiger partial charge in [-0.15, -0.1) is 0 Å². The molecule has 0 bridgehead atoms. The molecule has 0 aliphatic heterocycles. The lowest BCUT2D eigenvalue weighted by atomic mass is 10.2. The number of hydrogen-bond acceptors (Lipinski definition) is 6. The molecule has 8 heteroatoms. The smallest absolute Gasteiger partial charge is 0.408 e. The van der Waals surface area contributed by atoms with E-state index in [1.807, 2.05) is 18.2 Å². The lowest BCUT2D eigenvalue weighted by molar-refractivity contribution is -0.141. The second-order valence-corrected chi connectivity index (χ2v) is 6.44. The molecule has 0 radical (unpaired) electrons. The van der Waals surface area contributed by atoms with Crippen molar-refractivity contribution in [2.75, 3.05) is 20.3 Å². The van der Waals surface area contributed by atoms with E-state index in [-0.39, 0.29) is 19.6 Å². The molecule has 0 aliphatic rings. The van der Waals surface area contributed by atoms with Gasteiger partial charge >= 0.3 is 12.1 Å². The Morgan fingerprint density at radius 2 is 1.77 bits per heavy atom. The third-order valence-corrected chi connectivity index (χ3v) is 3.06. The van der Waals surface area contributed by atoms with Crippen LogP contribution in [0, 0.1) is 0 Å². The molecule has 2 N–H and O–H groups in total. The maximum atomic E-state index is 12.3. The quantitative estimate of drug-likeness (QED) is 0.678. The number of benzene rings is 1. The van der Waals surface area contributed by atoms with Crippen molar-refractivity contribution in [1.82, 2.24) is 10.6 Å². The first-order valence-electron chi connectivity index (χ1n) is 8.23. The van der Waals surface area contributed by atoms with E-state index in [4.69, 9.17) is 9.47 Å². The standard InChI is InChI=1S/C18H26N2O6/c1-18(2,3)26-17(23)20-14(16(22)19-12-15(21)24-4)10-11-25-13-8-6-5-7-9-13/h5-9,14H,10-12H2,1-4H3,(H,19,22)(H,20,23). The summed E-state index contributed by atoms with van der Waals surface area (Å²) in [5, 5.41) is 4.91. The Morgan fingerprint density at radius 1 is 1.12 bits per heavy atom. The van der Waals surface area contributed by atoms with Crippen molar-refractivity contribution in [3.05, 3.63) is 30.3 Å². The van der Waals surface area contributed by atoms with Crippen LogP contribution in [0.15, 0.2) is 30.3 Å². The molecule has 2 amide bonds. The fraction of sp³-hybridized carbons (Fsp3) is 0.500. The second kappa shape index (κ2) is 10.3. The lowest BCUT2D eigenvalue weighted by Gasteiger charge is -2.23. The van der Waals surface area contributed by atoms with Crippen LogP contribution in [0.4, 0.5) is 4.79 Å². The number of methoxy groups -OCH3 is 1. The van der Waals surface area contributed by atoms with Gasteiger partial charge in [-0.3, -0.25) is 9.59 Å². The molecule has 0 spiro atoms. The molecule has 0 aromatic heterocycles. The molecule has 1 rings (SSSR count). The fourth-order valence-corrected chi connectivity index (χ4v) is 1.88. The summed E-state index contributed by atoms with van der Waals surface area (Å²) in [5.74, 6) is -0.466. The number of rotatable bonds is 8. The van der Waals surface area contributed by atoms with Gasteiger partial charge in [0.1, 0.15) is 23.9 Å². The number of para-hydroxylation sites is 1. The number of esters is 1. The van der Waals surface area contributed by atoms with E-state index in [2.05, 4.69) is 15.4 Å². The molecular weight excluding hydrogens is 340 g/mol. The SMILES string of the molecule is COC(=O)CNC(=O)C(CCOc1ccccc1)NC(=O)OC(C)(C)C. The summed E-state index contributed by atoms with van der Waals surface area (Å²) >= 11 is 0. The van der Waals surface area contributed by atoms with Crippen LogP contribution < -0.4 is 15.4 Å². The van der Waals surface area contributed by atoms with Crippen LogP contribution in [0.1, 0.15) is 27.2 Å². The average molecular weight is 366 g/mol. The van der Waals surface area contributed by atoms with Gasteiger partial charge in [-0.05, 0) is 32.9 Å². The number of carbonyl (C=O) groups is 3. The van der Waals surface area contributed by atoms with Crippen molar-refractivity contribution in [2.24, 2.45) is 0 Å². The highest BCUT2D eigenvalue weighted by atomic mass is 16.6. The number of alkyl carbamates (subject to hydrolysis) is 1. The molecule has 1 atom stereocenters. The van der Waals surface area contributed by atoms with Gasteiger partial charge < -0.3 is 24.8 Å². The second-order valence-electron chi connectivity index (χ2n) is 6.44. The minimum Gasteiger partial charge on any atom is -0.494 e. The van der Waals surface area contributed by atoms with Crippen molar-refractivity contribution in [2.45, 2.75) is 38.8 Å². The summed E-state index contributed by atoms with van der Waals surface area (Å²) in [4.78, 5) is 35.4. The van der Waals surface area contributed by atoms with Crippen LogP contribution in [0.2, 0.25) is 0 Å². The first-order chi connectivity index (χ1) is 12.2. The van der Waals surface area contributed by atoms with Gasteiger partial charge in [-0.25, -0.2) is 4.79 Å². The molecule has 1 unspecified atom stereocenters. The van der Waals surface area contributed by atoms with Gasteiger partial charge in [-0.2, -0.15) is 0 Å². The highest BCUT2D eigenvalue weighted by Gasteiger charge is 2.24. The molecule has 8 nitrogen and oxygen atoms in total. The molecule has 26 heavy (non-hydrogen) atoms. The van der Waals surface area contributed by atoms with E-state index >= 15 is 0 Å². The number of hydrogen-bond donors (Lipinski definition) is 2. The van der Waals surface area contributed by atoms with Crippen LogP contribution in [0.3, 0.4) is 0 Å². The van der Waals surface area contributed by atoms with Crippen molar-refractivity contribution < 1.29 is 28.6 Å². The van der Waals surface area contributed by atoms with Crippen molar-refractivity contribution >= 4 is 18.0 Å². The zero-order valence-corrected chi connectivity index (χ0v) is 15.5. The van der Waals surface area contributed by atoms with Gasteiger partial charge in [0.05, 0.1) is 13.7 Å². The number of ether oxygens (including phenoxy) is 3. The van der Waals surface area contributed by atoms with E-state index in [1.165, 1.54) is 7.11 Å². The minimum atomic E-state index is -0.918. The number of carbonyl (C=O) groups excluding carboxylic acids is 3. The third kappa shape index (κ3) is 8.91. The van der Waals surface area contributed by atoms with Gasteiger partial charge in [-0.1, -0.05) is 18.2 Å². The van der Waals surface area contributed by atoms with E-state index < -0.39 is 29.6 Å². The van der Waals surface area contributed by atoms with Crippen LogP contribution in [-0.2, 0) is 19.1 Å². The Labute approximate surface area is 153 Å². The predicted molar refractivity (Wildman–Crippen MR) is 94.7 cm³/mol. The highest BCUT2D eigenvalue weighted by Crippen LogP contribution is 2.10. The first-order valence-corrected chi connectivity index (χ1v) is 8.23. The molecule has 1 aromatic carbocycles. The summed E-state index contributed by atoms with van der Waals surface area (Å²) in [7, 11) is 1.22. The average Bonchev–Trinajstić information content (AvgIpc) is 2.57. The van der Waals surface area contributed by atoms with E-state index in [9.17, 15) is 14.4 Å². The zero-order valence-electron chi connectivity index (χ0n) is 15.5. The maximum Gasteiger partial charge on any atom is 0.408 e. The summed E-state index contributed by atoms with van der Waals surface area (Å²) in [6, 6.07) is 8.17. The van der Waals surface area contributed by atoms with E-state index in [0.717, 1.165) is 0 Å². The molecular formula is C18H26N2O6. The maximum absolute atomic E-state index is 12.3. The van der Waals surface area contributed by atoms with Crippen molar-refractivity contribution in [1.29, 1.82) is 0 Å². The Morgan fingerprint density at radius 3 is 2.35 bits per heavy atom. The fourth-order valence-electron chi connectivity index (χ4n) is 1.88.